The second kappa shape index (κ2) is 8.17. The highest BCUT2D eigenvalue weighted by Crippen LogP contribution is 2.28. The van der Waals surface area contributed by atoms with Crippen molar-refractivity contribution in [2.45, 2.75) is 45.2 Å². The van der Waals surface area contributed by atoms with Crippen molar-refractivity contribution in [1.29, 1.82) is 0 Å². The lowest BCUT2D eigenvalue weighted by atomic mass is 10.1. The van der Waals surface area contributed by atoms with E-state index in [2.05, 4.69) is 35.0 Å². The average molecular weight is 308 g/mol. The summed E-state index contributed by atoms with van der Waals surface area (Å²) in [6.45, 7) is 3.02. The van der Waals surface area contributed by atoms with Gasteiger partial charge in [0.1, 0.15) is 0 Å². The smallest absolute Gasteiger partial charge is 0.161 e. The first kappa shape index (κ1) is 16.0. The summed E-state index contributed by atoms with van der Waals surface area (Å²) in [5.41, 5.74) is 3.97. The van der Waals surface area contributed by atoms with Crippen LogP contribution in [0.2, 0.25) is 0 Å². The lowest BCUT2D eigenvalue weighted by Gasteiger charge is -2.18. The van der Waals surface area contributed by atoms with Crippen molar-refractivity contribution in [2.24, 2.45) is 5.84 Å². The van der Waals surface area contributed by atoms with Crippen LogP contribution in [0.3, 0.4) is 0 Å². The molecule has 0 bridgehead atoms. The molecular weight excluding hydrogens is 284 g/mol. The van der Waals surface area contributed by atoms with E-state index in [1.165, 1.54) is 4.88 Å². The second-order valence-corrected chi connectivity index (χ2v) is 6.04. The summed E-state index contributed by atoms with van der Waals surface area (Å²) in [5, 5.41) is 6.52. The predicted molar refractivity (Wildman–Crippen MR) is 86.4 cm³/mol. The van der Waals surface area contributed by atoms with Crippen LogP contribution in [0, 0.1) is 0 Å². The molecule has 1 unspecified atom stereocenters. The van der Waals surface area contributed by atoms with Crippen molar-refractivity contribution >= 4 is 11.3 Å². The molecule has 0 aromatic carbocycles. The first-order chi connectivity index (χ1) is 10.3. The monoisotopic (exact) mass is 308 g/mol. The number of nitrogens with one attached hydrogen (secondary N) is 1. The zero-order valence-electron chi connectivity index (χ0n) is 12.7. The number of rotatable bonds is 9. The minimum Gasteiger partial charge on any atom is -0.493 e. The molecule has 2 heterocycles. The summed E-state index contributed by atoms with van der Waals surface area (Å²) in [6.07, 6.45) is 5.93. The number of aromatic nitrogens is 2. The number of ether oxygens (including phenoxy) is 1. The topological polar surface area (TPSA) is 65.1 Å². The molecule has 2 aromatic heterocycles. The van der Waals surface area contributed by atoms with Gasteiger partial charge in [-0.05, 0) is 37.1 Å². The van der Waals surface area contributed by atoms with Gasteiger partial charge in [0.2, 0.25) is 0 Å². The first-order valence-electron chi connectivity index (χ1n) is 7.38. The molecule has 2 rings (SSSR count). The fourth-order valence-electron chi connectivity index (χ4n) is 2.51. The van der Waals surface area contributed by atoms with Gasteiger partial charge >= 0.3 is 0 Å². The average Bonchev–Trinajstić information content (AvgIpc) is 3.14. The number of hydrazine groups is 1. The Balaban J connectivity index is 2.03. The van der Waals surface area contributed by atoms with Crippen LogP contribution < -0.4 is 16.0 Å². The molecule has 0 aliphatic carbocycles. The van der Waals surface area contributed by atoms with Gasteiger partial charge in [-0.15, -0.1) is 11.3 Å². The van der Waals surface area contributed by atoms with Crippen LogP contribution in [0.4, 0.5) is 0 Å². The van der Waals surface area contributed by atoms with Crippen LogP contribution in [0.5, 0.6) is 5.75 Å². The van der Waals surface area contributed by atoms with E-state index in [0.29, 0.717) is 0 Å². The van der Waals surface area contributed by atoms with E-state index < -0.39 is 0 Å². The first-order valence-corrected chi connectivity index (χ1v) is 8.26. The van der Waals surface area contributed by atoms with Gasteiger partial charge in [0.05, 0.1) is 25.0 Å². The van der Waals surface area contributed by atoms with Crippen LogP contribution in [0.1, 0.15) is 42.8 Å². The van der Waals surface area contributed by atoms with E-state index in [1.807, 2.05) is 4.68 Å². The van der Waals surface area contributed by atoms with E-state index in [9.17, 15) is 0 Å². The highest BCUT2D eigenvalue weighted by atomic mass is 32.1. The van der Waals surface area contributed by atoms with E-state index in [4.69, 9.17) is 10.6 Å². The molecule has 21 heavy (non-hydrogen) atoms. The standard InChI is InChI=1S/C15H24N4OS/c1-3-9-19-15(14(20-2)11-17-19)13(18-16)8-4-6-12-7-5-10-21-12/h5,7,10-11,13,18H,3-4,6,8-9,16H2,1-2H3. The third kappa shape index (κ3) is 4.06. The van der Waals surface area contributed by atoms with Crippen molar-refractivity contribution < 1.29 is 4.74 Å². The van der Waals surface area contributed by atoms with Crippen LogP contribution in [-0.2, 0) is 13.0 Å². The highest BCUT2D eigenvalue weighted by molar-refractivity contribution is 7.09. The van der Waals surface area contributed by atoms with E-state index in [1.54, 1.807) is 24.6 Å². The normalized spacial score (nSPS) is 12.5. The van der Waals surface area contributed by atoms with Crippen LogP contribution in [0.25, 0.3) is 0 Å². The van der Waals surface area contributed by atoms with Crippen molar-refractivity contribution in [3.8, 4) is 5.75 Å². The molecule has 0 fully saturated rings. The van der Waals surface area contributed by atoms with Gasteiger partial charge in [0, 0.05) is 11.4 Å². The van der Waals surface area contributed by atoms with Crippen molar-refractivity contribution in [3.05, 3.63) is 34.3 Å². The summed E-state index contributed by atoms with van der Waals surface area (Å²) < 4.78 is 7.43. The number of hydrogen-bond acceptors (Lipinski definition) is 5. The Bertz CT molecular complexity index is 524. The van der Waals surface area contributed by atoms with Crippen LogP contribution in [0.15, 0.2) is 23.7 Å². The second-order valence-electron chi connectivity index (χ2n) is 5.01. The molecule has 5 nitrogen and oxygen atoms in total. The minimum atomic E-state index is 0.0639. The van der Waals surface area contributed by atoms with Crippen LogP contribution >= 0.6 is 11.3 Å². The molecular formula is C15H24N4OS. The van der Waals surface area contributed by atoms with Crippen molar-refractivity contribution in [2.75, 3.05) is 7.11 Å². The fourth-order valence-corrected chi connectivity index (χ4v) is 3.26. The number of nitrogens with zero attached hydrogens (tertiary/aromatic N) is 2. The van der Waals surface area contributed by atoms with E-state index in [-0.39, 0.29) is 6.04 Å². The fraction of sp³-hybridized carbons (Fsp3) is 0.533. The minimum absolute atomic E-state index is 0.0639. The third-order valence-corrected chi connectivity index (χ3v) is 4.46. The van der Waals surface area contributed by atoms with E-state index >= 15 is 0 Å². The Kier molecular flexibility index (Phi) is 6.22. The molecule has 0 aliphatic rings. The van der Waals surface area contributed by atoms with Gasteiger partial charge in [0.15, 0.2) is 5.75 Å². The van der Waals surface area contributed by atoms with Gasteiger partial charge < -0.3 is 4.74 Å². The zero-order chi connectivity index (χ0) is 15.1. The molecule has 1 atom stereocenters. The molecule has 0 aliphatic heterocycles. The summed E-state index contributed by atoms with van der Waals surface area (Å²) in [5.74, 6) is 6.58. The number of methoxy groups -OCH3 is 1. The Morgan fingerprint density at radius 2 is 2.38 bits per heavy atom. The summed E-state index contributed by atoms with van der Waals surface area (Å²) in [6, 6.07) is 4.34. The lowest BCUT2D eigenvalue weighted by molar-refractivity contribution is 0.382. The maximum absolute atomic E-state index is 5.77. The van der Waals surface area contributed by atoms with Crippen molar-refractivity contribution in [3.63, 3.8) is 0 Å². The van der Waals surface area contributed by atoms with Gasteiger partial charge in [0.25, 0.3) is 0 Å². The maximum Gasteiger partial charge on any atom is 0.161 e. The number of thiophene rings is 1. The summed E-state index contributed by atoms with van der Waals surface area (Å²) >= 11 is 1.80. The van der Waals surface area contributed by atoms with Gasteiger partial charge in [-0.2, -0.15) is 5.10 Å². The molecule has 0 radical (unpaired) electrons. The zero-order valence-corrected chi connectivity index (χ0v) is 13.5. The molecule has 0 saturated carbocycles. The molecule has 2 aromatic rings. The van der Waals surface area contributed by atoms with Gasteiger partial charge in [-0.25, -0.2) is 0 Å². The van der Waals surface area contributed by atoms with Crippen molar-refractivity contribution in [1.82, 2.24) is 15.2 Å². The summed E-state index contributed by atoms with van der Waals surface area (Å²) in [7, 11) is 1.68. The number of nitrogens with two attached hydrogens (primary N) is 1. The molecule has 3 N–H and O–H groups in total. The number of aryl methyl sites for hydroxylation is 2. The maximum atomic E-state index is 5.77. The third-order valence-electron chi connectivity index (χ3n) is 3.53. The Morgan fingerprint density at radius 1 is 1.52 bits per heavy atom. The SMILES string of the molecule is CCCn1ncc(OC)c1C(CCCc1cccs1)NN. The van der Waals surface area contributed by atoms with Gasteiger partial charge in [-0.3, -0.25) is 16.0 Å². The molecule has 116 valence electrons. The molecule has 0 saturated heterocycles. The largest absolute Gasteiger partial charge is 0.493 e. The van der Waals surface area contributed by atoms with Gasteiger partial charge in [-0.1, -0.05) is 13.0 Å². The van der Waals surface area contributed by atoms with Crippen LogP contribution in [-0.4, -0.2) is 16.9 Å². The Morgan fingerprint density at radius 3 is 3.00 bits per heavy atom. The van der Waals surface area contributed by atoms with E-state index in [0.717, 1.165) is 43.7 Å². The quantitative estimate of drug-likeness (QED) is 0.552. The molecule has 6 heteroatoms. The molecule has 0 amide bonds. The highest BCUT2D eigenvalue weighted by Gasteiger charge is 2.20. The Labute approximate surface area is 130 Å². The summed E-state index contributed by atoms with van der Waals surface area (Å²) in [4.78, 5) is 1.42. The number of hydrogen-bond donors (Lipinski definition) is 2. The predicted octanol–water partition coefficient (Wildman–Crippen LogP) is 2.89. The Hall–Kier alpha value is -1.37. The lowest BCUT2D eigenvalue weighted by Crippen LogP contribution is -2.30. The molecule has 0 spiro atoms.